The molecule has 1 aliphatic heterocycles. The number of carbonyl (C=O) groups is 1. The molecule has 2 heterocycles. The summed E-state index contributed by atoms with van der Waals surface area (Å²) in [6.45, 7) is 8.38. The molecule has 0 bridgehead atoms. The van der Waals surface area contributed by atoms with Crippen molar-refractivity contribution in [1.29, 1.82) is 0 Å². The van der Waals surface area contributed by atoms with Crippen LogP contribution in [0.15, 0.2) is 59.1 Å². The number of nitrogens with zero attached hydrogens (tertiary/aromatic N) is 3. The van der Waals surface area contributed by atoms with Crippen LogP contribution in [0.1, 0.15) is 56.0 Å². The monoisotopic (exact) mass is 449 g/mol. The SMILES string of the molecule is CC[C@H](C)N(Cc1c(-c2ccccc2)noc1N1CCC(C)CC1)C(=O)c1ccccc1F. The van der Waals surface area contributed by atoms with Crippen LogP contribution in [0, 0.1) is 11.7 Å². The second kappa shape index (κ2) is 10.2. The van der Waals surface area contributed by atoms with Crippen LogP contribution in [0.5, 0.6) is 0 Å². The van der Waals surface area contributed by atoms with E-state index in [2.05, 4.69) is 17.0 Å². The van der Waals surface area contributed by atoms with E-state index in [1.165, 1.54) is 6.07 Å². The van der Waals surface area contributed by atoms with Crippen molar-refractivity contribution in [3.05, 3.63) is 71.5 Å². The summed E-state index contributed by atoms with van der Waals surface area (Å²) in [5, 5.41) is 4.44. The summed E-state index contributed by atoms with van der Waals surface area (Å²) in [5.74, 6) is 0.575. The van der Waals surface area contributed by atoms with E-state index >= 15 is 0 Å². The van der Waals surface area contributed by atoms with Gasteiger partial charge in [0.2, 0.25) is 5.88 Å². The Balaban J connectivity index is 1.75. The molecular formula is C27H32FN3O2. The largest absolute Gasteiger partial charge is 0.340 e. The quantitative estimate of drug-likeness (QED) is 0.434. The molecule has 4 rings (SSSR count). The number of halogens is 1. The lowest BCUT2D eigenvalue weighted by Gasteiger charge is -2.32. The van der Waals surface area contributed by atoms with E-state index in [1.807, 2.05) is 44.2 Å². The Kier molecular flexibility index (Phi) is 7.11. The first-order valence-corrected chi connectivity index (χ1v) is 11.8. The van der Waals surface area contributed by atoms with Crippen LogP contribution in [0.2, 0.25) is 0 Å². The van der Waals surface area contributed by atoms with Crippen LogP contribution in [0.25, 0.3) is 11.3 Å². The summed E-state index contributed by atoms with van der Waals surface area (Å²) in [5.41, 5.74) is 2.64. The number of aromatic nitrogens is 1. The van der Waals surface area contributed by atoms with Crippen molar-refractivity contribution in [2.75, 3.05) is 18.0 Å². The average Bonchev–Trinajstić information content (AvgIpc) is 3.26. The zero-order valence-corrected chi connectivity index (χ0v) is 19.6. The summed E-state index contributed by atoms with van der Waals surface area (Å²) in [6, 6.07) is 16.0. The Morgan fingerprint density at radius 1 is 1.15 bits per heavy atom. The summed E-state index contributed by atoms with van der Waals surface area (Å²) < 4.78 is 20.4. The number of anilines is 1. The minimum Gasteiger partial charge on any atom is -0.340 e. The van der Waals surface area contributed by atoms with E-state index in [0.717, 1.165) is 55.1 Å². The van der Waals surface area contributed by atoms with E-state index in [0.29, 0.717) is 12.5 Å². The number of benzene rings is 2. The van der Waals surface area contributed by atoms with Gasteiger partial charge in [-0.2, -0.15) is 0 Å². The summed E-state index contributed by atoms with van der Waals surface area (Å²) in [4.78, 5) is 17.5. The fourth-order valence-corrected chi connectivity index (χ4v) is 4.33. The number of hydrogen-bond acceptors (Lipinski definition) is 4. The predicted octanol–water partition coefficient (Wildman–Crippen LogP) is 6.16. The van der Waals surface area contributed by atoms with Crippen molar-refractivity contribution >= 4 is 11.8 Å². The molecule has 5 nitrogen and oxygen atoms in total. The molecule has 0 spiro atoms. The van der Waals surface area contributed by atoms with Crippen molar-refractivity contribution in [1.82, 2.24) is 10.1 Å². The first-order valence-electron chi connectivity index (χ1n) is 11.8. The van der Waals surface area contributed by atoms with Gasteiger partial charge in [-0.15, -0.1) is 0 Å². The molecule has 1 saturated heterocycles. The van der Waals surface area contributed by atoms with Crippen LogP contribution in [-0.4, -0.2) is 35.1 Å². The maximum absolute atomic E-state index is 14.5. The van der Waals surface area contributed by atoms with Crippen molar-refractivity contribution < 1.29 is 13.7 Å². The molecule has 0 saturated carbocycles. The minimum absolute atomic E-state index is 0.0788. The van der Waals surface area contributed by atoms with Crippen LogP contribution in [-0.2, 0) is 6.54 Å². The molecule has 33 heavy (non-hydrogen) atoms. The molecule has 6 heteroatoms. The third-order valence-corrected chi connectivity index (χ3v) is 6.70. The van der Waals surface area contributed by atoms with Gasteiger partial charge in [-0.1, -0.05) is 61.5 Å². The normalized spacial score (nSPS) is 15.5. The highest BCUT2D eigenvalue weighted by atomic mass is 19.1. The van der Waals surface area contributed by atoms with E-state index in [4.69, 9.17) is 4.52 Å². The molecule has 0 N–H and O–H groups in total. The van der Waals surface area contributed by atoms with Gasteiger partial charge in [0.05, 0.1) is 17.7 Å². The highest BCUT2D eigenvalue weighted by Gasteiger charge is 2.30. The van der Waals surface area contributed by atoms with Gasteiger partial charge < -0.3 is 14.3 Å². The zero-order chi connectivity index (χ0) is 23.4. The zero-order valence-electron chi connectivity index (χ0n) is 19.6. The number of amides is 1. The molecule has 0 radical (unpaired) electrons. The van der Waals surface area contributed by atoms with Gasteiger partial charge in [-0.3, -0.25) is 4.79 Å². The first kappa shape index (κ1) is 23.0. The lowest BCUT2D eigenvalue weighted by molar-refractivity contribution is 0.0667. The topological polar surface area (TPSA) is 49.6 Å². The van der Waals surface area contributed by atoms with Crippen molar-refractivity contribution in [2.45, 2.75) is 52.6 Å². The molecule has 1 aromatic heterocycles. The highest BCUT2D eigenvalue weighted by molar-refractivity contribution is 5.94. The maximum Gasteiger partial charge on any atom is 0.257 e. The Hall–Kier alpha value is -3.15. The first-order chi connectivity index (χ1) is 16.0. The van der Waals surface area contributed by atoms with Gasteiger partial charge in [0, 0.05) is 24.7 Å². The van der Waals surface area contributed by atoms with Crippen LogP contribution in [0.4, 0.5) is 10.3 Å². The Morgan fingerprint density at radius 3 is 2.48 bits per heavy atom. The van der Waals surface area contributed by atoms with Gasteiger partial charge in [-0.05, 0) is 44.2 Å². The van der Waals surface area contributed by atoms with E-state index in [9.17, 15) is 9.18 Å². The van der Waals surface area contributed by atoms with Gasteiger partial charge in [0.25, 0.3) is 5.91 Å². The third-order valence-electron chi connectivity index (χ3n) is 6.70. The van der Waals surface area contributed by atoms with E-state index in [-0.39, 0.29) is 17.5 Å². The van der Waals surface area contributed by atoms with E-state index in [1.54, 1.807) is 23.1 Å². The molecule has 0 aliphatic carbocycles. The summed E-state index contributed by atoms with van der Waals surface area (Å²) in [7, 11) is 0. The molecule has 3 aromatic rings. The van der Waals surface area contributed by atoms with Gasteiger partial charge in [0.15, 0.2) is 0 Å². The maximum atomic E-state index is 14.5. The number of rotatable bonds is 7. The van der Waals surface area contributed by atoms with E-state index < -0.39 is 5.82 Å². The van der Waals surface area contributed by atoms with Crippen LogP contribution in [0.3, 0.4) is 0 Å². The second-order valence-corrected chi connectivity index (χ2v) is 9.02. The third kappa shape index (κ3) is 4.95. The Morgan fingerprint density at radius 2 is 1.82 bits per heavy atom. The smallest absolute Gasteiger partial charge is 0.257 e. The standard InChI is InChI=1S/C27H32FN3O2/c1-4-20(3)31(26(32)22-12-8-9-13-24(22)28)18-23-25(21-10-6-5-7-11-21)29-33-27(23)30-16-14-19(2)15-17-30/h5-13,19-20H,4,14-18H2,1-3H3/t20-/m0/s1. The Bertz CT molecular complexity index is 1070. The van der Waals surface area contributed by atoms with Gasteiger partial charge in [0.1, 0.15) is 11.5 Å². The second-order valence-electron chi connectivity index (χ2n) is 9.02. The van der Waals surface area contributed by atoms with Crippen molar-refractivity contribution in [2.24, 2.45) is 5.92 Å². The van der Waals surface area contributed by atoms with Crippen molar-refractivity contribution in [3.63, 3.8) is 0 Å². The van der Waals surface area contributed by atoms with Crippen LogP contribution >= 0.6 is 0 Å². The minimum atomic E-state index is -0.505. The molecule has 2 aromatic carbocycles. The highest BCUT2D eigenvalue weighted by Crippen LogP contribution is 2.35. The number of piperidine rings is 1. The van der Waals surface area contributed by atoms with Gasteiger partial charge >= 0.3 is 0 Å². The lowest BCUT2D eigenvalue weighted by Crippen LogP contribution is -2.39. The number of carbonyl (C=O) groups excluding carboxylic acids is 1. The molecule has 1 aliphatic rings. The lowest BCUT2D eigenvalue weighted by atomic mass is 9.98. The predicted molar refractivity (Wildman–Crippen MR) is 129 cm³/mol. The average molecular weight is 450 g/mol. The molecule has 174 valence electrons. The van der Waals surface area contributed by atoms with Crippen molar-refractivity contribution in [3.8, 4) is 11.3 Å². The summed E-state index contributed by atoms with van der Waals surface area (Å²) >= 11 is 0. The molecule has 1 amide bonds. The fourth-order valence-electron chi connectivity index (χ4n) is 4.33. The molecule has 0 unspecified atom stereocenters. The molecule has 1 fully saturated rings. The van der Waals surface area contributed by atoms with Crippen LogP contribution < -0.4 is 4.90 Å². The molecular weight excluding hydrogens is 417 g/mol. The number of hydrogen-bond donors (Lipinski definition) is 0. The van der Waals surface area contributed by atoms with Gasteiger partial charge in [-0.25, -0.2) is 4.39 Å². The molecule has 1 atom stereocenters. The fraction of sp³-hybridized carbons (Fsp3) is 0.407. The summed E-state index contributed by atoms with van der Waals surface area (Å²) in [6.07, 6.45) is 2.93. The Labute approximate surface area is 195 Å².